The van der Waals surface area contributed by atoms with E-state index in [2.05, 4.69) is 17.1 Å². The molecule has 1 fully saturated rings. The largest absolute Gasteiger partial charge is 0.460 e. The minimum Gasteiger partial charge on any atom is -0.460 e. The minimum atomic E-state index is -0.0575. The number of hydrogen-bond acceptors (Lipinski definition) is 4. The molecule has 0 bridgehead atoms. The lowest BCUT2D eigenvalue weighted by atomic mass is 9.90. The number of nitrogens with one attached hydrogen (secondary N) is 1. The van der Waals surface area contributed by atoms with Gasteiger partial charge in [-0.1, -0.05) is 6.92 Å². The van der Waals surface area contributed by atoms with Gasteiger partial charge in [-0.3, -0.25) is 9.89 Å². The lowest BCUT2D eigenvalue weighted by molar-refractivity contribution is 0.0771. The number of carbonyl (C=O) groups is 1. The number of nitrogens with zero attached hydrogens (tertiary/aromatic N) is 2. The van der Waals surface area contributed by atoms with Crippen LogP contribution in [0.5, 0.6) is 0 Å². The molecule has 6 heteroatoms. The number of hydrogen-bond donors (Lipinski definition) is 2. The maximum absolute atomic E-state index is 12.5. The van der Waals surface area contributed by atoms with Crippen molar-refractivity contribution in [2.24, 2.45) is 11.1 Å². The average Bonchev–Trinajstić information content (AvgIpc) is 3.17. The van der Waals surface area contributed by atoms with Crippen molar-refractivity contribution in [3.05, 3.63) is 29.7 Å². The number of aromatic nitrogens is 2. The highest BCUT2D eigenvalue weighted by Gasteiger charge is 2.35. The molecule has 0 aromatic carbocycles. The number of aryl methyl sites for hydroxylation is 1. The molecular formula is C15H20N4O2. The molecule has 1 aliphatic rings. The first-order chi connectivity index (χ1) is 10.0. The summed E-state index contributed by atoms with van der Waals surface area (Å²) in [5.41, 5.74) is 6.93. The van der Waals surface area contributed by atoms with Gasteiger partial charge in [0.15, 0.2) is 11.5 Å². The third kappa shape index (κ3) is 2.58. The van der Waals surface area contributed by atoms with Gasteiger partial charge >= 0.3 is 0 Å². The van der Waals surface area contributed by atoms with Crippen molar-refractivity contribution in [3.8, 4) is 11.5 Å². The summed E-state index contributed by atoms with van der Waals surface area (Å²) < 4.78 is 5.53. The molecule has 3 N–H and O–H groups in total. The maximum atomic E-state index is 12.5. The van der Waals surface area contributed by atoms with E-state index >= 15 is 0 Å². The van der Waals surface area contributed by atoms with Crippen molar-refractivity contribution in [2.75, 3.05) is 19.6 Å². The van der Waals surface area contributed by atoms with Gasteiger partial charge in [0.05, 0.1) is 0 Å². The van der Waals surface area contributed by atoms with E-state index in [4.69, 9.17) is 10.2 Å². The predicted molar refractivity (Wildman–Crippen MR) is 78.7 cm³/mol. The van der Waals surface area contributed by atoms with Gasteiger partial charge in [0.2, 0.25) is 0 Å². The number of carbonyl (C=O) groups excluding carboxylic acids is 1. The molecule has 1 atom stereocenters. The molecule has 1 unspecified atom stereocenters. The summed E-state index contributed by atoms with van der Waals surface area (Å²) in [5.74, 6) is 1.45. The Morgan fingerprint density at radius 3 is 3.00 bits per heavy atom. The fourth-order valence-electron chi connectivity index (χ4n) is 2.66. The molecule has 112 valence electrons. The van der Waals surface area contributed by atoms with Crippen molar-refractivity contribution < 1.29 is 9.21 Å². The van der Waals surface area contributed by atoms with Crippen molar-refractivity contribution in [1.82, 2.24) is 15.1 Å². The Hall–Kier alpha value is -2.08. The van der Waals surface area contributed by atoms with Crippen LogP contribution in [0.4, 0.5) is 0 Å². The summed E-state index contributed by atoms with van der Waals surface area (Å²) in [4.78, 5) is 14.3. The molecule has 3 rings (SSSR count). The Bertz CT molecular complexity index is 660. The summed E-state index contributed by atoms with van der Waals surface area (Å²) in [6.45, 7) is 6.00. The molecule has 21 heavy (non-hydrogen) atoms. The molecular weight excluding hydrogens is 268 g/mol. The van der Waals surface area contributed by atoms with Gasteiger partial charge in [-0.05, 0) is 37.4 Å². The fourth-order valence-corrected chi connectivity index (χ4v) is 2.66. The molecule has 2 aromatic heterocycles. The van der Waals surface area contributed by atoms with E-state index in [9.17, 15) is 4.79 Å². The predicted octanol–water partition coefficient (Wildman–Crippen LogP) is 1.79. The Labute approximate surface area is 123 Å². The average molecular weight is 288 g/mol. The van der Waals surface area contributed by atoms with E-state index in [0.29, 0.717) is 30.2 Å². The third-order valence-corrected chi connectivity index (χ3v) is 4.14. The summed E-state index contributed by atoms with van der Waals surface area (Å²) in [7, 11) is 0. The normalized spacial score (nSPS) is 22.0. The van der Waals surface area contributed by atoms with Gasteiger partial charge < -0.3 is 15.1 Å². The Kier molecular flexibility index (Phi) is 3.33. The molecule has 1 saturated heterocycles. The van der Waals surface area contributed by atoms with E-state index in [1.54, 1.807) is 6.07 Å². The molecule has 1 amide bonds. The first-order valence-corrected chi connectivity index (χ1v) is 7.12. The molecule has 2 aromatic rings. The highest BCUT2D eigenvalue weighted by Crippen LogP contribution is 2.29. The second kappa shape index (κ2) is 5.04. The van der Waals surface area contributed by atoms with Gasteiger partial charge in [0.25, 0.3) is 5.91 Å². The van der Waals surface area contributed by atoms with Crippen LogP contribution in [0.15, 0.2) is 22.6 Å². The standard InChI is InChI=1S/C15H20N4O2/c1-10-3-4-13(21-10)11-7-12(18-17-11)14(20)19-6-5-15(2,8-16)9-19/h3-4,7H,5-6,8-9,16H2,1-2H3,(H,17,18). The van der Waals surface area contributed by atoms with E-state index in [0.717, 1.165) is 18.7 Å². The fraction of sp³-hybridized carbons (Fsp3) is 0.467. The van der Waals surface area contributed by atoms with Crippen LogP contribution in [-0.4, -0.2) is 40.6 Å². The van der Waals surface area contributed by atoms with Crippen molar-refractivity contribution in [1.29, 1.82) is 0 Å². The SMILES string of the molecule is Cc1ccc(-c2cc(C(=O)N3CCC(C)(CN)C3)n[nH]2)o1. The molecule has 0 radical (unpaired) electrons. The lowest BCUT2D eigenvalue weighted by Crippen LogP contribution is -2.34. The van der Waals surface area contributed by atoms with Gasteiger partial charge in [-0.25, -0.2) is 0 Å². The van der Waals surface area contributed by atoms with Crippen LogP contribution in [-0.2, 0) is 0 Å². The quantitative estimate of drug-likeness (QED) is 0.901. The minimum absolute atomic E-state index is 0.0208. The maximum Gasteiger partial charge on any atom is 0.274 e. The zero-order valence-electron chi connectivity index (χ0n) is 12.3. The molecule has 6 nitrogen and oxygen atoms in total. The molecule has 0 aliphatic carbocycles. The smallest absolute Gasteiger partial charge is 0.274 e. The van der Waals surface area contributed by atoms with Crippen LogP contribution >= 0.6 is 0 Å². The zero-order chi connectivity index (χ0) is 15.0. The number of nitrogens with two attached hydrogens (primary N) is 1. The van der Waals surface area contributed by atoms with Crippen LogP contribution in [0.25, 0.3) is 11.5 Å². The van der Waals surface area contributed by atoms with Crippen LogP contribution in [0, 0.1) is 12.3 Å². The van der Waals surface area contributed by atoms with E-state index in [1.807, 2.05) is 24.0 Å². The first kappa shape index (κ1) is 13.9. The van der Waals surface area contributed by atoms with Crippen LogP contribution in [0.1, 0.15) is 29.6 Å². The summed E-state index contributed by atoms with van der Waals surface area (Å²) in [6, 6.07) is 5.47. The number of H-pyrrole nitrogens is 1. The molecule has 0 spiro atoms. The van der Waals surface area contributed by atoms with Crippen molar-refractivity contribution in [2.45, 2.75) is 20.3 Å². The van der Waals surface area contributed by atoms with Gasteiger partial charge in [0, 0.05) is 19.2 Å². The monoisotopic (exact) mass is 288 g/mol. The number of rotatable bonds is 3. The highest BCUT2D eigenvalue weighted by atomic mass is 16.3. The Morgan fingerprint density at radius 1 is 1.57 bits per heavy atom. The molecule has 1 aliphatic heterocycles. The number of likely N-dealkylation sites (tertiary alicyclic amines) is 1. The topological polar surface area (TPSA) is 88.1 Å². The van der Waals surface area contributed by atoms with Crippen molar-refractivity contribution in [3.63, 3.8) is 0 Å². The second-order valence-corrected chi connectivity index (χ2v) is 6.07. The first-order valence-electron chi connectivity index (χ1n) is 7.12. The van der Waals surface area contributed by atoms with Crippen LogP contribution in [0.2, 0.25) is 0 Å². The number of furan rings is 1. The van der Waals surface area contributed by atoms with Crippen LogP contribution in [0.3, 0.4) is 0 Å². The lowest BCUT2D eigenvalue weighted by Gasteiger charge is -2.21. The third-order valence-electron chi connectivity index (χ3n) is 4.14. The van der Waals surface area contributed by atoms with Gasteiger partial charge in [-0.2, -0.15) is 5.10 Å². The summed E-state index contributed by atoms with van der Waals surface area (Å²) in [5, 5.41) is 6.97. The Morgan fingerprint density at radius 2 is 2.38 bits per heavy atom. The number of aromatic amines is 1. The zero-order valence-corrected chi connectivity index (χ0v) is 12.3. The molecule has 3 heterocycles. The van der Waals surface area contributed by atoms with E-state index in [-0.39, 0.29) is 11.3 Å². The molecule has 0 saturated carbocycles. The highest BCUT2D eigenvalue weighted by molar-refractivity contribution is 5.93. The Balaban J connectivity index is 1.76. The van der Waals surface area contributed by atoms with Crippen LogP contribution < -0.4 is 5.73 Å². The second-order valence-electron chi connectivity index (χ2n) is 6.07. The summed E-state index contributed by atoms with van der Waals surface area (Å²) >= 11 is 0. The van der Waals surface area contributed by atoms with Gasteiger partial charge in [0.1, 0.15) is 11.5 Å². The van der Waals surface area contributed by atoms with E-state index < -0.39 is 0 Å². The van der Waals surface area contributed by atoms with Crippen molar-refractivity contribution >= 4 is 5.91 Å². The summed E-state index contributed by atoms with van der Waals surface area (Å²) in [6.07, 6.45) is 0.934. The van der Waals surface area contributed by atoms with Gasteiger partial charge in [-0.15, -0.1) is 0 Å². The number of amides is 1. The van der Waals surface area contributed by atoms with E-state index in [1.165, 1.54) is 0 Å².